The predicted molar refractivity (Wildman–Crippen MR) is 51.0 cm³/mol. The van der Waals surface area contributed by atoms with E-state index in [9.17, 15) is 4.79 Å². The first-order chi connectivity index (χ1) is 6.90. The molecule has 0 bridgehead atoms. The van der Waals surface area contributed by atoms with Crippen molar-refractivity contribution in [3.05, 3.63) is 36.9 Å². The van der Waals surface area contributed by atoms with Crippen molar-refractivity contribution in [3.8, 4) is 5.69 Å². The summed E-state index contributed by atoms with van der Waals surface area (Å²) in [4.78, 5) is 10.2. The predicted octanol–water partition coefficient (Wildman–Crippen LogP) is 0.836. The maximum Gasteiger partial charge on any atom is 0.211 e. The Balaban J connectivity index is 2.26. The highest BCUT2D eigenvalue weighted by molar-refractivity contribution is 5.71. The number of anilines is 1. The number of nitrogens with zero attached hydrogens (tertiary/aromatic N) is 3. The molecule has 2 rings (SSSR count). The normalized spacial score (nSPS) is 9.71. The lowest BCUT2D eigenvalue weighted by Gasteiger charge is -2.02. The summed E-state index contributed by atoms with van der Waals surface area (Å²) in [5.74, 6) is 0. The molecule has 0 saturated heterocycles. The largest absolute Gasteiger partial charge is 0.329 e. The summed E-state index contributed by atoms with van der Waals surface area (Å²) in [5.41, 5.74) is 1.71. The van der Waals surface area contributed by atoms with Gasteiger partial charge in [-0.15, -0.1) is 10.2 Å². The number of hydrogen-bond acceptors (Lipinski definition) is 3. The van der Waals surface area contributed by atoms with E-state index in [1.807, 2.05) is 24.3 Å². The molecule has 0 spiro atoms. The zero-order valence-corrected chi connectivity index (χ0v) is 7.29. The lowest BCUT2D eigenvalue weighted by Crippen LogP contribution is -1.94. The Bertz CT molecular complexity index is 407. The Kier molecular flexibility index (Phi) is 2.22. The standard InChI is InChI=1S/C9H8N4O/c14-7-10-8-1-3-9(4-2-8)13-5-11-12-6-13/h1-7H,(H,10,14). The second-order valence-electron chi connectivity index (χ2n) is 2.68. The Hall–Kier alpha value is -2.17. The first-order valence-corrected chi connectivity index (χ1v) is 4.05. The molecule has 0 unspecified atom stereocenters. The van der Waals surface area contributed by atoms with E-state index >= 15 is 0 Å². The molecular weight excluding hydrogens is 180 g/mol. The summed E-state index contributed by atoms with van der Waals surface area (Å²) in [5, 5.41) is 9.96. The van der Waals surface area contributed by atoms with Gasteiger partial charge in [-0.25, -0.2) is 0 Å². The van der Waals surface area contributed by atoms with E-state index in [1.54, 1.807) is 17.2 Å². The van der Waals surface area contributed by atoms with Crippen LogP contribution in [0.3, 0.4) is 0 Å². The topological polar surface area (TPSA) is 59.8 Å². The van der Waals surface area contributed by atoms with Crippen LogP contribution in [0.2, 0.25) is 0 Å². The zero-order valence-electron chi connectivity index (χ0n) is 7.29. The maximum atomic E-state index is 10.2. The molecule has 70 valence electrons. The van der Waals surface area contributed by atoms with Gasteiger partial charge in [0.25, 0.3) is 0 Å². The van der Waals surface area contributed by atoms with Gasteiger partial charge in [0.05, 0.1) is 0 Å². The SMILES string of the molecule is O=CNc1ccc(-n2cnnc2)cc1. The highest BCUT2D eigenvalue weighted by Gasteiger charge is 1.95. The molecule has 0 aliphatic heterocycles. The molecule has 1 heterocycles. The molecule has 5 nitrogen and oxygen atoms in total. The van der Waals surface area contributed by atoms with E-state index in [2.05, 4.69) is 15.5 Å². The summed E-state index contributed by atoms with van der Waals surface area (Å²) in [6.07, 6.45) is 3.87. The number of carbonyl (C=O) groups excluding carboxylic acids is 1. The highest BCUT2D eigenvalue weighted by atomic mass is 16.1. The fourth-order valence-corrected chi connectivity index (χ4v) is 1.13. The minimum atomic E-state index is 0.647. The quantitative estimate of drug-likeness (QED) is 0.726. The van der Waals surface area contributed by atoms with Gasteiger partial charge in [0, 0.05) is 11.4 Å². The molecule has 1 aromatic carbocycles. The smallest absolute Gasteiger partial charge is 0.211 e. The van der Waals surface area contributed by atoms with Gasteiger partial charge >= 0.3 is 0 Å². The van der Waals surface area contributed by atoms with Crippen LogP contribution in [0.1, 0.15) is 0 Å². The third kappa shape index (κ3) is 1.61. The highest BCUT2D eigenvalue weighted by Crippen LogP contribution is 2.11. The monoisotopic (exact) mass is 188 g/mol. The van der Waals surface area contributed by atoms with Crippen LogP contribution in [0.15, 0.2) is 36.9 Å². The molecule has 0 aliphatic rings. The van der Waals surface area contributed by atoms with E-state index in [-0.39, 0.29) is 0 Å². The van der Waals surface area contributed by atoms with Crippen molar-refractivity contribution in [2.24, 2.45) is 0 Å². The number of nitrogens with one attached hydrogen (secondary N) is 1. The molecule has 5 heteroatoms. The van der Waals surface area contributed by atoms with Gasteiger partial charge in [-0.05, 0) is 24.3 Å². The molecule has 2 aromatic rings. The summed E-state index contributed by atoms with van der Waals surface area (Å²) in [7, 11) is 0. The number of hydrogen-bond donors (Lipinski definition) is 1. The minimum absolute atomic E-state index is 0.647. The molecule has 1 N–H and O–H groups in total. The van der Waals surface area contributed by atoms with Crippen LogP contribution in [0.25, 0.3) is 5.69 Å². The molecular formula is C9H8N4O. The molecule has 0 aliphatic carbocycles. The fraction of sp³-hybridized carbons (Fsp3) is 0. The van der Waals surface area contributed by atoms with Crippen molar-refractivity contribution in [1.82, 2.24) is 14.8 Å². The van der Waals surface area contributed by atoms with Crippen molar-refractivity contribution in [2.45, 2.75) is 0 Å². The molecule has 0 saturated carbocycles. The minimum Gasteiger partial charge on any atom is -0.329 e. The van der Waals surface area contributed by atoms with Crippen LogP contribution in [0, 0.1) is 0 Å². The van der Waals surface area contributed by atoms with E-state index in [0.717, 1.165) is 11.4 Å². The van der Waals surface area contributed by atoms with Gasteiger partial charge in [0.1, 0.15) is 12.7 Å². The number of carbonyl (C=O) groups is 1. The molecule has 0 radical (unpaired) electrons. The first kappa shape index (κ1) is 8.43. The third-order valence-corrected chi connectivity index (χ3v) is 1.81. The van der Waals surface area contributed by atoms with Crippen LogP contribution in [0.4, 0.5) is 5.69 Å². The average molecular weight is 188 g/mol. The molecule has 0 atom stereocenters. The van der Waals surface area contributed by atoms with Crippen LogP contribution in [-0.4, -0.2) is 21.2 Å². The Morgan fingerprint density at radius 1 is 1.14 bits per heavy atom. The number of rotatable bonds is 3. The Morgan fingerprint density at radius 2 is 1.79 bits per heavy atom. The van der Waals surface area contributed by atoms with Crippen LogP contribution < -0.4 is 5.32 Å². The molecule has 14 heavy (non-hydrogen) atoms. The van der Waals surface area contributed by atoms with Gasteiger partial charge < -0.3 is 5.32 Å². The third-order valence-electron chi connectivity index (χ3n) is 1.81. The Morgan fingerprint density at radius 3 is 2.36 bits per heavy atom. The van der Waals surface area contributed by atoms with Crippen molar-refractivity contribution in [2.75, 3.05) is 5.32 Å². The van der Waals surface area contributed by atoms with Gasteiger partial charge in [-0.2, -0.15) is 0 Å². The van der Waals surface area contributed by atoms with Crippen molar-refractivity contribution < 1.29 is 4.79 Å². The van der Waals surface area contributed by atoms with Gasteiger partial charge in [-0.1, -0.05) is 0 Å². The summed E-state index contributed by atoms with van der Waals surface area (Å²) < 4.78 is 1.78. The summed E-state index contributed by atoms with van der Waals surface area (Å²) >= 11 is 0. The van der Waals surface area contributed by atoms with Crippen LogP contribution >= 0.6 is 0 Å². The van der Waals surface area contributed by atoms with Gasteiger partial charge in [0.15, 0.2) is 0 Å². The van der Waals surface area contributed by atoms with E-state index < -0.39 is 0 Å². The van der Waals surface area contributed by atoms with Gasteiger partial charge in [-0.3, -0.25) is 9.36 Å². The zero-order chi connectivity index (χ0) is 9.80. The van der Waals surface area contributed by atoms with Crippen LogP contribution in [0.5, 0.6) is 0 Å². The number of aromatic nitrogens is 3. The lowest BCUT2D eigenvalue weighted by molar-refractivity contribution is -0.105. The van der Waals surface area contributed by atoms with Crippen molar-refractivity contribution in [1.29, 1.82) is 0 Å². The van der Waals surface area contributed by atoms with E-state index in [1.165, 1.54) is 0 Å². The molecule has 1 aromatic heterocycles. The fourth-order valence-electron chi connectivity index (χ4n) is 1.13. The summed E-state index contributed by atoms with van der Waals surface area (Å²) in [6.45, 7) is 0. The number of amides is 1. The molecule has 0 fully saturated rings. The maximum absolute atomic E-state index is 10.2. The lowest BCUT2D eigenvalue weighted by atomic mass is 10.3. The molecule has 1 amide bonds. The van der Waals surface area contributed by atoms with Crippen LogP contribution in [-0.2, 0) is 4.79 Å². The van der Waals surface area contributed by atoms with Gasteiger partial charge in [0.2, 0.25) is 6.41 Å². The first-order valence-electron chi connectivity index (χ1n) is 4.05. The van der Waals surface area contributed by atoms with Crippen molar-refractivity contribution in [3.63, 3.8) is 0 Å². The second-order valence-corrected chi connectivity index (χ2v) is 2.68. The van der Waals surface area contributed by atoms with Crippen molar-refractivity contribution >= 4 is 12.1 Å². The average Bonchev–Trinajstić information content (AvgIpc) is 2.72. The Labute approximate surface area is 80.4 Å². The number of benzene rings is 1. The second kappa shape index (κ2) is 3.69. The van der Waals surface area contributed by atoms with E-state index in [0.29, 0.717) is 6.41 Å². The van der Waals surface area contributed by atoms with E-state index in [4.69, 9.17) is 0 Å². The summed E-state index contributed by atoms with van der Waals surface area (Å²) in [6, 6.07) is 7.36.